The zero-order valence-electron chi connectivity index (χ0n) is 8.24. The molecular formula is C11H20O2. The Balaban J connectivity index is 1.56. The zero-order valence-corrected chi connectivity index (χ0v) is 8.24. The smallest absolute Gasteiger partial charge is 0.0801 e. The minimum atomic E-state index is -0.193. The molecule has 13 heavy (non-hydrogen) atoms. The van der Waals surface area contributed by atoms with Crippen molar-refractivity contribution in [1.82, 2.24) is 0 Å². The molecule has 2 nitrogen and oxygen atoms in total. The molecule has 0 aromatic carbocycles. The molecule has 2 heteroatoms. The average Bonchev–Trinajstić information content (AvgIpc) is 2.80. The van der Waals surface area contributed by atoms with Crippen LogP contribution in [-0.2, 0) is 4.74 Å². The third-order valence-electron chi connectivity index (χ3n) is 3.28. The predicted molar refractivity (Wildman–Crippen MR) is 51.5 cm³/mol. The Morgan fingerprint density at radius 2 is 1.85 bits per heavy atom. The van der Waals surface area contributed by atoms with Crippen molar-refractivity contribution < 1.29 is 9.84 Å². The summed E-state index contributed by atoms with van der Waals surface area (Å²) in [4.78, 5) is 0. The van der Waals surface area contributed by atoms with Crippen molar-refractivity contribution in [2.45, 2.75) is 44.6 Å². The summed E-state index contributed by atoms with van der Waals surface area (Å²) < 4.78 is 5.48. The molecule has 2 aliphatic carbocycles. The third kappa shape index (κ3) is 2.96. The first-order valence-corrected chi connectivity index (χ1v) is 5.62. The van der Waals surface area contributed by atoms with Gasteiger partial charge in [0.2, 0.25) is 0 Å². The van der Waals surface area contributed by atoms with E-state index >= 15 is 0 Å². The van der Waals surface area contributed by atoms with Crippen LogP contribution in [0, 0.1) is 11.8 Å². The molecule has 1 unspecified atom stereocenters. The van der Waals surface area contributed by atoms with E-state index in [0.29, 0.717) is 12.5 Å². The van der Waals surface area contributed by atoms with Crippen LogP contribution in [0.15, 0.2) is 0 Å². The largest absolute Gasteiger partial charge is 0.390 e. The van der Waals surface area contributed by atoms with Gasteiger partial charge in [-0.1, -0.05) is 12.8 Å². The first-order chi connectivity index (χ1) is 6.36. The predicted octanol–water partition coefficient (Wildman–Crippen LogP) is 1.96. The van der Waals surface area contributed by atoms with E-state index < -0.39 is 0 Å². The number of hydrogen-bond acceptors (Lipinski definition) is 2. The van der Waals surface area contributed by atoms with Crippen LogP contribution in [0.5, 0.6) is 0 Å². The fourth-order valence-corrected chi connectivity index (χ4v) is 2.12. The molecule has 0 radical (unpaired) electrons. The SMILES string of the molecule is OC(COCC1CC1)C1CCCC1. The Bertz CT molecular complexity index is 148. The minimum Gasteiger partial charge on any atom is -0.390 e. The van der Waals surface area contributed by atoms with Crippen molar-refractivity contribution in [1.29, 1.82) is 0 Å². The van der Waals surface area contributed by atoms with Gasteiger partial charge in [0.05, 0.1) is 12.7 Å². The van der Waals surface area contributed by atoms with E-state index in [1.807, 2.05) is 0 Å². The normalized spacial score (nSPS) is 26.5. The summed E-state index contributed by atoms with van der Waals surface area (Å²) in [5.74, 6) is 1.34. The Morgan fingerprint density at radius 3 is 2.46 bits per heavy atom. The van der Waals surface area contributed by atoms with Gasteiger partial charge in [-0.2, -0.15) is 0 Å². The molecule has 0 saturated heterocycles. The summed E-state index contributed by atoms with van der Waals surface area (Å²) in [7, 11) is 0. The van der Waals surface area contributed by atoms with Crippen LogP contribution < -0.4 is 0 Å². The number of aliphatic hydroxyl groups excluding tert-OH is 1. The molecule has 0 aromatic heterocycles. The van der Waals surface area contributed by atoms with Crippen molar-refractivity contribution >= 4 is 0 Å². The fraction of sp³-hybridized carbons (Fsp3) is 1.00. The number of ether oxygens (including phenoxy) is 1. The summed E-state index contributed by atoms with van der Waals surface area (Å²) in [6, 6.07) is 0. The van der Waals surface area contributed by atoms with Gasteiger partial charge in [0.25, 0.3) is 0 Å². The minimum absolute atomic E-state index is 0.193. The first kappa shape index (κ1) is 9.47. The first-order valence-electron chi connectivity index (χ1n) is 5.62. The van der Waals surface area contributed by atoms with Gasteiger partial charge in [0.1, 0.15) is 0 Å². The zero-order chi connectivity index (χ0) is 9.10. The average molecular weight is 184 g/mol. The number of rotatable bonds is 5. The topological polar surface area (TPSA) is 29.5 Å². The van der Waals surface area contributed by atoms with Crippen LogP contribution in [0.2, 0.25) is 0 Å². The van der Waals surface area contributed by atoms with Crippen LogP contribution in [0.3, 0.4) is 0 Å². The summed E-state index contributed by atoms with van der Waals surface area (Å²) in [6.45, 7) is 1.45. The van der Waals surface area contributed by atoms with E-state index in [9.17, 15) is 5.11 Å². The lowest BCUT2D eigenvalue weighted by Gasteiger charge is -2.17. The summed E-state index contributed by atoms with van der Waals surface area (Å²) in [6.07, 6.45) is 7.47. The molecule has 0 aromatic rings. The van der Waals surface area contributed by atoms with Crippen LogP contribution in [0.25, 0.3) is 0 Å². The van der Waals surface area contributed by atoms with Gasteiger partial charge in [-0.3, -0.25) is 0 Å². The van der Waals surface area contributed by atoms with Crippen molar-refractivity contribution in [3.05, 3.63) is 0 Å². The molecule has 0 bridgehead atoms. The molecule has 0 amide bonds. The van der Waals surface area contributed by atoms with Gasteiger partial charge in [-0.05, 0) is 37.5 Å². The maximum atomic E-state index is 9.76. The standard InChI is InChI=1S/C11H20O2/c12-11(10-3-1-2-4-10)8-13-7-9-5-6-9/h9-12H,1-8H2. The highest BCUT2D eigenvalue weighted by molar-refractivity contribution is 4.76. The van der Waals surface area contributed by atoms with Gasteiger partial charge in [-0.15, -0.1) is 0 Å². The van der Waals surface area contributed by atoms with Gasteiger partial charge in [-0.25, -0.2) is 0 Å². The molecule has 2 rings (SSSR count). The van der Waals surface area contributed by atoms with Crippen molar-refractivity contribution in [2.75, 3.05) is 13.2 Å². The van der Waals surface area contributed by atoms with E-state index in [1.165, 1.54) is 38.5 Å². The maximum Gasteiger partial charge on any atom is 0.0801 e. The fourth-order valence-electron chi connectivity index (χ4n) is 2.12. The number of hydrogen-bond donors (Lipinski definition) is 1. The molecule has 0 spiro atoms. The quantitative estimate of drug-likeness (QED) is 0.707. The van der Waals surface area contributed by atoms with E-state index in [0.717, 1.165) is 12.5 Å². The number of aliphatic hydroxyl groups is 1. The van der Waals surface area contributed by atoms with Crippen molar-refractivity contribution in [3.63, 3.8) is 0 Å². The Morgan fingerprint density at radius 1 is 1.15 bits per heavy atom. The Kier molecular flexibility index (Phi) is 3.23. The molecule has 2 fully saturated rings. The second-order valence-corrected chi connectivity index (χ2v) is 4.59. The molecule has 0 aliphatic heterocycles. The molecular weight excluding hydrogens is 164 g/mol. The molecule has 1 atom stereocenters. The Labute approximate surface area is 80.3 Å². The third-order valence-corrected chi connectivity index (χ3v) is 3.28. The molecule has 2 saturated carbocycles. The summed E-state index contributed by atoms with van der Waals surface area (Å²) in [5, 5.41) is 9.76. The molecule has 0 heterocycles. The van der Waals surface area contributed by atoms with Gasteiger partial charge in [0, 0.05) is 6.61 Å². The van der Waals surface area contributed by atoms with Gasteiger partial charge in [0.15, 0.2) is 0 Å². The van der Waals surface area contributed by atoms with Crippen LogP contribution in [-0.4, -0.2) is 24.4 Å². The van der Waals surface area contributed by atoms with Crippen LogP contribution >= 0.6 is 0 Å². The highest BCUT2D eigenvalue weighted by Gasteiger charge is 2.25. The lowest BCUT2D eigenvalue weighted by molar-refractivity contribution is 0.00289. The van der Waals surface area contributed by atoms with Gasteiger partial charge < -0.3 is 9.84 Å². The highest BCUT2D eigenvalue weighted by Crippen LogP contribution is 2.30. The maximum absolute atomic E-state index is 9.76. The van der Waals surface area contributed by atoms with E-state index in [1.54, 1.807) is 0 Å². The lowest BCUT2D eigenvalue weighted by Crippen LogP contribution is -2.24. The second kappa shape index (κ2) is 4.43. The second-order valence-electron chi connectivity index (χ2n) is 4.59. The summed E-state index contributed by atoms with van der Waals surface area (Å²) in [5.41, 5.74) is 0. The molecule has 2 aliphatic rings. The monoisotopic (exact) mass is 184 g/mol. The molecule has 76 valence electrons. The Hall–Kier alpha value is -0.0800. The van der Waals surface area contributed by atoms with E-state index in [4.69, 9.17) is 4.74 Å². The lowest BCUT2D eigenvalue weighted by atomic mass is 10.0. The molecule has 1 N–H and O–H groups in total. The van der Waals surface area contributed by atoms with Crippen LogP contribution in [0.4, 0.5) is 0 Å². The van der Waals surface area contributed by atoms with Gasteiger partial charge >= 0.3 is 0 Å². The highest BCUT2D eigenvalue weighted by atomic mass is 16.5. The van der Waals surface area contributed by atoms with E-state index in [2.05, 4.69) is 0 Å². The van der Waals surface area contributed by atoms with Crippen LogP contribution in [0.1, 0.15) is 38.5 Å². The van der Waals surface area contributed by atoms with Crippen molar-refractivity contribution in [3.8, 4) is 0 Å². The summed E-state index contributed by atoms with van der Waals surface area (Å²) >= 11 is 0. The van der Waals surface area contributed by atoms with E-state index in [-0.39, 0.29) is 6.10 Å². The van der Waals surface area contributed by atoms with Crippen molar-refractivity contribution in [2.24, 2.45) is 11.8 Å².